The smallest absolute Gasteiger partial charge is 0.251 e. The SMILES string of the molecule is CC(=O)Nc1cc(-c2cc(C(=O)NC3CC3)ccc2C)cnc1NC(C)(C)CO. The van der Waals surface area contributed by atoms with Crippen LogP contribution in [0.1, 0.15) is 49.5 Å². The number of aliphatic hydroxyl groups is 1. The van der Waals surface area contributed by atoms with Crippen molar-refractivity contribution in [1.82, 2.24) is 10.3 Å². The van der Waals surface area contributed by atoms with Crippen LogP contribution in [0.4, 0.5) is 11.5 Å². The predicted molar refractivity (Wildman–Crippen MR) is 114 cm³/mol. The van der Waals surface area contributed by atoms with E-state index in [1.807, 2.05) is 45.0 Å². The van der Waals surface area contributed by atoms with Crippen LogP contribution in [0.5, 0.6) is 0 Å². The van der Waals surface area contributed by atoms with Gasteiger partial charge in [-0.1, -0.05) is 6.07 Å². The van der Waals surface area contributed by atoms with Gasteiger partial charge in [-0.2, -0.15) is 0 Å². The van der Waals surface area contributed by atoms with Gasteiger partial charge in [-0.05, 0) is 62.9 Å². The largest absolute Gasteiger partial charge is 0.394 e. The van der Waals surface area contributed by atoms with Gasteiger partial charge in [-0.25, -0.2) is 4.98 Å². The number of anilines is 2. The maximum atomic E-state index is 12.4. The van der Waals surface area contributed by atoms with E-state index in [2.05, 4.69) is 20.9 Å². The van der Waals surface area contributed by atoms with Gasteiger partial charge in [0.1, 0.15) is 5.82 Å². The van der Waals surface area contributed by atoms with Crippen molar-refractivity contribution in [2.45, 2.75) is 52.1 Å². The van der Waals surface area contributed by atoms with Crippen LogP contribution in [-0.4, -0.2) is 40.1 Å². The monoisotopic (exact) mass is 396 g/mol. The van der Waals surface area contributed by atoms with E-state index in [4.69, 9.17) is 0 Å². The van der Waals surface area contributed by atoms with E-state index in [9.17, 15) is 14.7 Å². The highest BCUT2D eigenvalue weighted by molar-refractivity contribution is 5.97. The van der Waals surface area contributed by atoms with E-state index in [1.54, 1.807) is 6.20 Å². The molecule has 0 radical (unpaired) electrons. The quantitative estimate of drug-likeness (QED) is 0.576. The maximum Gasteiger partial charge on any atom is 0.251 e. The zero-order valence-corrected chi connectivity index (χ0v) is 17.3. The van der Waals surface area contributed by atoms with Gasteiger partial charge in [0.25, 0.3) is 5.91 Å². The highest BCUT2D eigenvalue weighted by Gasteiger charge is 2.24. The summed E-state index contributed by atoms with van der Waals surface area (Å²) >= 11 is 0. The minimum Gasteiger partial charge on any atom is -0.394 e. The molecule has 3 rings (SSSR count). The summed E-state index contributed by atoms with van der Waals surface area (Å²) in [6.07, 6.45) is 3.77. The molecule has 2 aromatic rings. The third kappa shape index (κ3) is 5.32. The fourth-order valence-corrected chi connectivity index (χ4v) is 2.93. The molecule has 0 unspecified atom stereocenters. The normalized spacial score (nSPS) is 13.7. The summed E-state index contributed by atoms with van der Waals surface area (Å²) in [4.78, 5) is 28.6. The molecule has 7 nitrogen and oxygen atoms in total. The molecule has 0 aliphatic heterocycles. The number of nitrogens with zero attached hydrogens (tertiary/aromatic N) is 1. The van der Waals surface area contributed by atoms with Crippen molar-refractivity contribution in [1.29, 1.82) is 0 Å². The molecule has 1 aromatic carbocycles. The number of nitrogens with one attached hydrogen (secondary N) is 3. The van der Waals surface area contributed by atoms with Gasteiger partial charge in [0, 0.05) is 30.3 Å². The second-order valence-corrected chi connectivity index (χ2v) is 8.25. The zero-order valence-electron chi connectivity index (χ0n) is 17.3. The van der Waals surface area contributed by atoms with Crippen LogP contribution in [-0.2, 0) is 4.79 Å². The summed E-state index contributed by atoms with van der Waals surface area (Å²) in [6, 6.07) is 7.70. The Hall–Kier alpha value is -2.93. The van der Waals surface area contributed by atoms with Crippen LogP contribution in [0.2, 0.25) is 0 Å². The van der Waals surface area contributed by atoms with Crippen molar-refractivity contribution >= 4 is 23.3 Å². The van der Waals surface area contributed by atoms with Gasteiger partial charge in [-0.3, -0.25) is 9.59 Å². The first-order valence-electron chi connectivity index (χ1n) is 9.77. The average molecular weight is 396 g/mol. The molecule has 0 atom stereocenters. The number of rotatable bonds is 7. The van der Waals surface area contributed by atoms with E-state index in [1.165, 1.54) is 6.92 Å². The minimum absolute atomic E-state index is 0.0771. The highest BCUT2D eigenvalue weighted by atomic mass is 16.3. The number of carbonyl (C=O) groups is 2. The summed E-state index contributed by atoms with van der Waals surface area (Å²) < 4.78 is 0. The number of aryl methyl sites for hydroxylation is 1. The van der Waals surface area contributed by atoms with Crippen LogP contribution < -0.4 is 16.0 Å². The lowest BCUT2D eigenvalue weighted by atomic mass is 9.98. The van der Waals surface area contributed by atoms with E-state index in [0.29, 0.717) is 23.1 Å². The van der Waals surface area contributed by atoms with Gasteiger partial charge in [-0.15, -0.1) is 0 Å². The number of hydrogen-bond donors (Lipinski definition) is 4. The first kappa shape index (κ1) is 20.8. The van der Waals surface area contributed by atoms with Crippen molar-refractivity contribution < 1.29 is 14.7 Å². The molecule has 1 saturated carbocycles. The Balaban J connectivity index is 1.97. The Morgan fingerprint density at radius 1 is 1.24 bits per heavy atom. The highest BCUT2D eigenvalue weighted by Crippen LogP contribution is 2.31. The fourth-order valence-electron chi connectivity index (χ4n) is 2.93. The number of hydrogen-bond acceptors (Lipinski definition) is 5. The molecule has 1 aliphatic carbocycles. The summed E-state index contributed by atoms with van der Waals surface area (Å²) in [5.41, 5.74) is 3.18. The second-order valence-electron chi connectivity index (χ2n) is 8.25. The molecule has 1 aromatic heterocycles. The molecule has 0 saturated heterocycles. The Kier molecular flexibility index (Phi) is 5.88. The predicted octanol–water partition coefficient (Wildman–Crippen LogP) is 3.09. The number of benzene rings is 1. The topological polar surface area (TPSA) is 103 Å². The Morgan fingerprint density at radius 2 is 1.97 bits per heavy atom. The third-order valence-electron chi connectivity index (χ3n) is 4.77. The van der Waals surface area contributed by atoms with Gasteiger partial charge in [0.05, 0.1) is 17.8 Å². The van der Waals surface area contributed by atoms with E-state index in [0.717, 1.165) is 29.5 Å². The Bertz CT molecular complexity index is 936. The summed E-state index contributed by atoms with van der Waals surface area (Å²) in [5, 5.41) is 18.5. The molecule has 1 aliphatic rings. The van der Waals surface area contributed by atoms with Crippen LogP contribution in [0.3, 0.4) is 0 Å². The fraction of sp³-hybridized carbons (Fsp3) is 0.409. The zero-order chi connectivity index (χ0) is 21.2. The first-order valence-corrected chi connectivity index (χ1v) is 9.77. The average Bonchev–Trinajstić information content (AvgIpc) is 3.47. The second kappa shape index (κ2) is 8.21. The van der Waals surface area contributed by atoms with Crippen LogP contribution >= 0.6 is 0 Å². The first-order chi connectivity index (χ1) is 13.7. The van der Waals surface area contributed by atoms with E-state index < -0.39 is 5.54 Å². The van der Waals surface area contributed by atoms with Crippen molar-refractivity contribution in [3.8, 4) is 11.1 Å². The van der Waals surface area contributed by atoms with E-state index >= 15 is 0 Å². The van der Waals surface area contributed by atoms with Crippen molar-refractivity contribution in [3.63, 3.8) is 0 Å². The Labute approximate surface area is 170 Å². The summed E-state index contributed by atoms with van der Waals surface area (Å²) in [6.45, 7) is 6.99. The molecule has 7 heteroatoms. The molecule has 0 bridgehead atoms. The molecular weight excluding hydrogens is 368 g/mol. The van der Waals surface area contributed by atoms with Crippen LogP contribution in [0.25, 0.3) is 11.1 Å². The Morgan fingerprint density at radius 3 is 2.59 bits per heavy atom. The molecule has 1 heterocycles. The van der Waals surface area contributed by atoms with Gasteiger partial charge in [0.2, 0.25) is 5.91 Å². The molecular formula is C22H28N4O3. The molecule has 29 heavy (non-hydrogen) atoms. The number of pyridine rings is 1. The van der Waals surface area contributed by atoms with Crippen molar-refractivity contribution in [2.24, 2.45) is 0 Å². The maximum absolute atomic E-state index is 12.4. The molecule has 2 amide bonds. The standard InChI is InChI=1S/C22H28N4O3/c1-13-5-6-15(21(29)25-17-7-8-17)9-18(13)16-10-19(24-14(2)28)20(23-11-16)26-22(3,4)12-27/h5-6,9-11,17,27H,7-8,12H2,1-4H3,(H,23,26)(H,24,28)(H,25,29). The lowest BCUT2D eigenvalue weighted by Gasteiger charge is -2.26. The molecule has 1 fully saturated rings. The lowest BCUT2D eigenvalue weighted by molar-refractivity contribution is -0.114. The van der Waals surface area contributed by atoms with Gasteiger partial charge >= 0.3 is 0 Å². The van der Waals surface area contributed by atoms with Gasteiger partial charge < -0.3 is 21.1 Å². The summed E-state index contributed by atoms with van der Waals surface area (Å²) in [5.74, 6) is 0.179. The third-order valence-corrected chi connectivity index (χ3v) is 4.77. The van der Waals surface area contributed by atoms with Crippen molar-refractivity contribution in [2.75, 3.05) is 17.2 Å². The molecule has 154 valence electrons. The van der Waals surface area contributed by atoms with Crippen LogP contribution in [0, 0.1) is 6.92 Å². The molecule has 4 N–H and O–H groups in total. The summed E-state index contributed by atoms with van der Waals surface area (Å²) in [7, 11) is 0. The number of carbonyl (C=O) groups excluding carboxylic acids is 2. The number of aliphatic hydroxyl groups excluding tert-OH is 1. The lowest BCUT2D eigenvalue weighted by Crippen LogP contribution is -2.35. The minimum atomic E-state index is -0.599. The number of amides is 2. The number of aromatic nitrogens is 1. The van der Waals surface area contributed by atoms with Crippen LogP contribution in [0.15, 0.2) is 30.5 Å². The van der Waals surface area contributed by atoms with Crippen molar-refractivity contribution in [3.05, 3.63) is 41.6 Å². The molecule has 0 spiro atoms. The van der Waals surface area contributed by atoms with Gasteiger partial charge in [0.15, 0.2) is 0 Å². The van der Waals surface area contributed by atoms with E-state index in [-0.39, 0.29) is 18.4 Å².